The molecule has 1 saturated heterocycles. The number of hydrogen-bond acceptors (Lipinski definition) is 3. The second-order valence-electron chi connectivity index (χ2n) is 6.06. The van der Waals surface area contributed by atoms with Gasteiger partial charge in [0.2, 0.25) is 0 Å². The van der Waals surface area contributed by atoms with E-state index in [0.717, 1.165) is 69.1 Å². The van der Waals surface area contributed by atoms with E-state index in [9.17, 15) is 13.2 Å². The van der Waals surface area contributed by atoms with Crippen molar-refractivity contribution in [2.24, 2.45) is 0 Å². The van der Waals surface area contributed by atoms with Crippen LogP contribution in [0.15, 0.2) is 47.1 Å². The van der Waals surface area contributed by atoms with Gasteiger partial charge < -0.3 is 9.32 Å². The zero-order valence-electron chi connectivity index (χ0n) is 13.4. The van der Waals surface area contributed by atoms with Crippen LogP contribution in [-0.4, -0.2) is 37.6 Å². The first-order valence-electron chi connectivity index (χ1n) is 8.19. The Kier molecular flexibility index (Phi) is 5.14. The van der Waals surface area contributed by atoms with Crippen LogP contribution in [0.4, 0.5) is 18.9 Å². The zero-order valence-corrected chi connectivity index (χ0v) is 13.4. The summed E-state index contributed by atoms with van der Waals surface area (Å²) in [5.74, 6) is 1.01. The Morgan fingerprint density at radius 3 is 2.25 bits per heavy atom. The lowest BCUT2D eigenvalue weighted by atomic mass is 10.1. The Bertz CT molecular complexity index is 615. The van der Waals surface area contributed by atoms with Gasteiger partial charge >= 0.3 is 6.18 Å². The maximum Gasteiger partial charge on any atom is 0.416 e. The molecule has 3 rings (SSSR count). The van der Waals surface area contributed by atoms with Gasteiger partial charge in [0.05, 0.1) is 11.8 Å². The SMILES string of the molecule is FC(F)(F)c1ccc(N2CCN(CCCc3ccco3)CC2)cc1. The number of furan rings is 1. The Hall–Kier alpha value is -1.95. The molecule has 2 heterocycles. The van der Waals surface area contributed by atoms with Gasteiger partial charge in [-0.2, -0.15) is 13.2 Å². The van der Waals surface area contributed by atoms with E-state index in [2.05, 4.69) is 9.80 Å². The average molecular weight is 338 g/mol. The topological polar surface area (TPSA) is 19.6 Å². The Labute approximate surface area is 139 Å². The van der Waals surface area contributed by atoms with Crippen molar-refractivity contribution in [1.29, 1.82) is 0 Å². The molecule has 130 valence electrons. The van der Waals surface area contributed by atoms with Crippen LogP contribution in [0.5, 0.6) is 0 Å². The molecule has 0 saturated carbocycles. The van der Waals surface area contributed by atoms with Crippen LogP contribution in [0.25, 0.3) is 0 Å². The second-order valence-corrected chi connectivity index (χ2v) is 6.06. The lowest BCUT2D eigenvalue weighted by molar-refractivity contribution is -0.137. The van der Waals surface area contributed by atoms with Gasteiger partial charge in [0, 0.05) is 38.3 Å². The Balaban J connectivity index is 1.44. The van der Waals surface area contributed by atoms with Gasteiger partial charge in [-0.25, -0.2) is 0 Å². The molecule has 3 nitrogen and oxygen atoms in total. The molecule has 0 spiro atoms. The minimum absolute atomic E-state index is 0.595. The van der Waals surface area contributed by atoms with Crippen LogP contribution in [0.2, 0.25) is 0 Å². The molecule has 2 aromatic rings. The third-order valence-electron chi connectivity index (χ3n) is 4.41. The highest BCUT2D eigenvalue weighted by atomic mass is 19.4. The van der Waals surface area contributed by atoms with Crippen molar-refractivity contribution in [1.82, 2.24) is 4.90 Å². The van der Waals surface area contributed by atoms with Crippen LogP contribution in [0, 0.1) is 0 Å². The van der Waals surface area contributed by atoms with Crippen molar-refractivity contribution in [2.75, 3.05) is 37.6 Å². The number of alkyl halides is 3. The Morgan fingerprint density at radius 1 is 0.958 bits per heavy atom. The lowest BCUT2D eigenvalue weighted by Gasteiger charge is -2.36. The number of anilines is 1. The summed E-state index contributed by atoms with van der Waals surface area (Å²) in [5, 5.41) is 0. The van der Waals surface area contributed by atoms with Gasteiger partial charge in [-0.15, -0.1) is 0 Å². The van der Waals surface area contributed by atoms with E-state index in [1.165, 1.54) is 0 Å². The van der Waals surface area contributed by atoms with Crippen molar-refractivity contribution in [3.05, 3.63) is 54.0 Å². The van der Waals surface area contributed by atoms with Crippen LogP contribution < -0.4 is 4.90 Å². The van der Waals surface area contributed by atoms with Gasteiger partial charge in [0.1, 0.15) is 5.76 Å². The lowest BCUT2D eigenvalue weighted by Crippen LogP contribution is -2.46. The van der Waals surface area contributed by atoms with Gasteiger partial charge in [0.25, 0.3) is 0 Å². The van der Waals surface area contributed by atoms with Crippen molar-refractivity contribution in [3.8, 4) is 0 Å². The minimum Gasteiger partial charge on any atom is -0.469 e. The van der Waals surface area contributed by atoms with Crippen molar-refractivity contribution in [2.45, 2.75) is 19.0 Å². The molecular weight excluding hydrogens is 317 g/mol. The third-order valence-corrected chi connectivity index (χ3v) is 4.41. The first-order chi connectivity index (χ1) is 11.5. The number of halogens is 3. The fraction of sp³-hybridized carbons (Fsp3) is 0.444. The van der Waals surface area contributed by atoms with Crippen LogP contribution >= 0.6 is 0 Å². The van der Waals surface area contributed by atoms with Gasteiger partial charge in [-0.3, -0.25) is 4.90 Å². The summed E-state index contributed by atoms with van der Waals surface area (Å²) in [6.45, 7) is 4.55. The number of piperazine rings is 1. The summed E-state index contributed by atoms with van der Waals surface area (Å²) in [6, 6.07) is 9.33. The highest BCUT2D eigenvalue weighted by Gasteiger charge is 2.30. The van der Waals surface area contributed by atoms with Crippen molar-refractivity contribution >= 4 is 5.69 Å². The summed E-state index contributed by atoms with van der Waals surface area (Å²) >= 11 is 0. The Morgan fingerprint density at radius 2 is 1.67 bits per heavy atom. The van der Waals surface area contributed by atoms with Gasteiger partial charge in [0.15, 0.2) is 0 Å². The first kappa shape index (κ1) is 16.9. The molecule has 1 fully saturated rings. The molecule has 0 unspecified atom stereocenters. The zero-order chi connectivity index (χ0) is 17.0. The number of nitrogens with zero attached hydrogens (tertiary/aromatic N) is 2. The molecule has 1 aliphatic heterocycles. The van der Waals surface area contributed by atoms with Crippen LogP contribution in [-0.2, 0) is 12.6 Å². The second kappa shape index (κ2) is 7.30. The molecule has 24 heavy (non-hydrogen) atoms. The number of rotatable bonds is 5. The monoisotopic (exact) mass is 338 g/mol. The van der Waals surface area contributed by atoms with E-state index < -0.39 is 11.7 Å². The fourth-order valence-corrected chi connectivity index (χ4v) is 3.02. The predicted octanol–water partition coefficient (Wildman–Crippen LogP) is 4.05. The summed E-state index contributed by atoms with van der Waals surface area (Å²) in [4.78, 5) is 4.53. The number of hydrogen-bond donors (Lipinski definition) is 0. The standard InChI is InChI=1S/C18H21F3N2O/c19-18(20,21)15-5-7-16(8-6-15)23-12-10-22(11-13-23)9-1-3-17-4-2-14-24-17/h2,4-8,14H,1,3,9-13H2. The molecule has 0 amide bonds. The largest absolute Gasteiger partial charge is 0.469 e. The summed E-state index contributed by atoms with van der Waals surface area (Å²) < 4.78 is 43.1. The quantitative estimate of drug-likeness (QED) is 0.820. The molecule has 6 heteroatoms. The van der Waals surface area contributed by atoms with E-state index in [4.69, 9.17) is 4.42 Å². The van der Waals surface area contributed by atoms with E-state index in [1.807, 2.05) is 12.1 Å². The van der Waals surface area contributed by atoms with Crippen molar-refractivity contribution in [3.63, 3.8) is 0 Å². The van der Waals surface area contributed by atoms with Crippen LogP contribution in [0.3, 0.4) is 0 Å². The summed E-state index contributed by atoms with van der Waals surface area (Å²) in [7, 11) is 0. The molecule has 1 aromatic carbocycles. The maximum absolute atomic E-state index is 12.6. The normalized spacial score (nSPS) is 16.5. The summed E-state index contributed by atoms with van der Waals surface area (Å²) in [6.07, 6.45) is -0.594. The number of aryl methyl sites for hydroxylation is 1. The van der Waals surface area contributed by atoms with E-state index in [-0.39, 0.29) is 0 Å². The molecule has 0 aliphatic carbocycles. The number of benzene rings is 1. The van der Waals surface area contributed by atoms with Crippen molar-refractivity contribution < 1.29 is 17.6 Å². The van der Waals surface area contributed by atoms with E-state index in [0.29, 0.717) is 0 Å². The molecule has 0 N–H and O–H groups in total. The molecule has 0 bridgehead atoms. The minimum atomic E-state index is -4.27. The highest BCUT2D eigenvalue weighted by Crippen LogP contribution is 2.30. The third kappa shape index (κ3) is 4.32. The smallest absolute Gasteiger partial charge is 0.416 e. The predicted molar refractivity (Wildman–Crippen MR) is 87.1 cm³/mol. The average Bonchev–Trinajstić information content (AvgIpc) is 3.08. The molecule has 0 radical (unpaired) electrons. The molecule has 0 atom stereocenters. The van der Waals surface area contributed by atoms with E-state index in [1.54, 1.807) is 18.4 Å². The van der Waals surface area contributed by atoms with Crippen LogP contribution in [0.1, 0.15) is 17.7 Å². The molecular formula is C18H21F3N2O. The molecule has 1 aliphatic rings. The fourth-order valence-electron chi connectivity index (χ4n) is 3.02. The molecule has 1 aromatic heterocycles. The first-order valence-corrected chi connectivity index (χ1v) is 8.19. The van der Waals surface area contributed by atoms with E-state index >= 15 is 0 Å². The summed E-state index contributed by atoms with van der Waals surface area (Å²) in [5.41, 5.74) is 0.265. The van der Waals surface area contributed by atoms with Gasteiger partial charge in [-0.05, 0) is 49.4 Å². The van der Waals surface area contributed by atoms with Gasteiger partial charge in [-0.1, -0.05) is 0 Å². The highest BCUT2D eigenvalue weighted by molar-refractivity contribution is 5.48. The maximum atomic E-state index is 12.6.